The first kappa shape index (κ1) is 21.8. The van der Waals surface area contributed by atoms with Crippen molar-refractivity contribution in [3.8, 4) is 11.1 Å². The van der Waals surface area contributed by atoms with Crippen molar-refractivity contribution < 1.29 is 9.53 Å². The van der Waals surface area contributed by atoms with E-state index < -0.39 is 11.7 Å². The third-order valence-electron chi connectivity index (χ3n) is 5.33. The fourth-order valence-electron chi connectivity index (χ4n) is 4.03. The molecule has 1 aromatic heterocycles. The average molecular weight is 430 g/mol. The van der Waals surface area contributed by atoms with Crippen LogP contribution >= 0.6 is 0 Å². The van der Waals surface area contributed by atoms with Crippen molar-refractivity contribution in [2.75, 3.05) is 5.43 Å². The molecule has 4 rings (SSSR count). The van der Waals surface area contributed by atoms with E-state index in [0.29, 0.717) is 0 Å². The molecule has 1 amide bonds. The Hall–Kier alpha value is -3.47. The average Bonchev–Trinajstić information content (AvgIpc) is 3.10. The Kier molecular flexibility index (Phi) is 5.37. The van der Waals surface area contributed by atoms with E-state index in [-0.39, 0.29) is 5.41 Å². The smallest absolute Gasteiger partial charge is 0.426 e. The zero-order valence-corrected chi connectivity index (χ0v) is 19.6. The summed E-state index contributed by atoms with van der Waals surface area (Å²) in [4.78, 5) is 16.0. The molecule has 0 unspecified atom stereocenters. The number of hydrogen-bond acceptors (Lipinski definition) is 3. The molecule has 0 saturated heterocycles. The second kappa shape index (κ2) is 7.90. The molecule has 3 aromatic carbocycles. The largest absolute Gasteiger partial charge is 0.443 e. The Bertz CT molecular complexity index is 1290. The number of carbonyl (C=O) groups excluding carboxylic acids is 1. The van der Waals surface area contributed by atoms with Gasteiger partial charge < -0.3 is 9.72 Å². The summed E-state index contributed by atoms with van der Waals surface area (Å²) in [6.07, 6.45) is -0.522. The highest BCUT2D eigenvalue weighted by Gasteiger charge is 2.26. The summed E-state index contributed by atoms with van der Waals surface area (Å²) in [6.45, 7) is 12.1. The highest BCUT2D eigenvalue weighted by Crippen LogP contribution is 2.44. The number of aromatic nitrogens is 1. The van der Waals surface area contributed by atoms with Gasteiger partial charge in [-0.25, -0.2) is 10.2 Å². The van der Waals surface area contributed by atoms with Crippen LogP contribution in [0.5, 0.6) is 0 Å². The minimum atomic E-state index is -0.575. The first-order valence-corrected chi connectivity index (χ1v) is 10.9. The minimum absolute atomic E-state index is 0.110. The molecule has 4 aromatic rings. The van der Waals surface area contributed by atoms with Crippen LogP contribution in [0.15, 0.2) is 60.7 Å². The molecule has 0 spiro atoms. The number of nitrogens with one attached hydrogen (secondary N) is 3. The quantitative estimate of drug-likeness (QED) is 0.303. The van der Waals surface area contributed by atoms with Gasteiger partial charge in [-0.05, 0) is 43.7 Å². The van der Waals surface area contributed by atoms with Crippen molar-refractivity contribution in [2.45, 2.75) is 52.6 Å². The minimum Gasteiger partial charge on any atom is -0.443 e. The maximum Gasteiger partial charge on any atom is 0.426 e. The molecule has 166 valence electrons. The number of fused-ring (bicyclic) bond motifs is 2. The summed E-state index contributed by atoms with van der Waals surface area (Å²) in [5.41, 5.74) is 10.4. The standard InChI is InChI=1S/C27H31N3O2/c1-26(2,3)24-23(19-13-9-10-14-20(19)28-24)22-18-12-8-7-11-17(18)15-16-21(22)29-30-25(31)32-27(4,5)6/h7-16,28-29H,1-6H3,(H,30,31). The molecule has 5 heteroatoms. The van der Waals surface area contributed by atoms with Crippen molar-refractivity contribution in [2.24, 2.45) is 0 Å². The van der Waals surface area contributed by atoms with Gasteiger partial charge in [0.1, 0.15) is 5.60 Å². The van der Waals surface area contributed by atoms with E-state index in [9.17, 15) is 4.79 Å². The lowest BCUT2D eigenvalue weighted by atomic mass is 9.84. The summed E-state index contributed by atoms with van der Waals surface area (Å²) in [6, 6.07) is 20.7. The van der Waals surface area contributed by atoms with Gasteiger partial charge in [-0.3, -0.25) is 5.43 Å². The molecule has 0 saturated carbocycles. The molecule has 0 fully saturated rings. The summed E-state index contributed by atoms with van der Waals surface area (Å²) in [5, 5.41) is 3.39. The lowest BCUT2D eigenvalue weighted by molar-refractivity contribution is 0.0541. The van der Waals surface area contributed by atoms with E-state index >= 15 is 0 Å². The Morgan fingerprint density at radius 3 is 2.16 bits per heavy atom. The molecule has 0 atom stereocenters. The van der Waals surface area contributed by atoms with Crippen LogP contribution in [0.25, 0.3) is 32.8 Å². The van der Waals surface area contributed by atoms with E-state index in [1.165, 1.54) is 0 Å². The number of rotatable bonds is 3. The summed E-state index contributed by atoms with van der Waals surface area (Å²) >= 11 is 0. The van der Waals surface area contributed by atoms with Gasteiger partial charge >= 0.3 is 6.09 Å². The van der Waals surface area contributed by atoms with Crippen LogP contribution in [0, 0.1) is 0 Å². The third kappa shape index (κ3) is 4.28. The number of amides is 1. The van der Waals surface area contributed by atoms with Crippen molar-refractivity contribution in [1.82, 2.24) is 10.4 Å². The molecule has 0 aliphatic carbocycles. The second-order valence-electron chi connectivity index (χ2n) is 10.1. The van der Waals surface area contributed by atoms with Gasteiger partial charge in [0.05, 0.1) is 5.69 Å². The second-order valence-corrected chi connectivity index (χ2v) is 10.1. The predicted molar refractivity (Wildman–Crippen MR) is 133 cm³/mol. The third-order valence-corrected chi connectivity index (χ3v) is 5.33. The number of H-pyrrole nitrogens is 1. The zero-order chi connectivity index (χ0) is 23.1. The van der Waals surface area contributed by atoms with Crippen molar-refractivity contribution in [3.05, 3.63) is 66.4 Å². The van der Waals surface area contributed by atoms with Crippen LogP contribution in [0.3, 0.4) is 0 Å². The van der Waals surface area contributed by atoms with E-state index in [4.69, 9.17) is 4.74 Å². The van der Waals surface area contributed by atoms with Gasteiger partial charge in [0, 0.05) is 33.1 Å². The molecule has 0 aliphatic heterocycles. The molecular formula is C27H31N3O2. The first-order chi connectivity index (χ1) is 15.0. The Balaban J connectivity index is 1.93. The molecule has 3 N–H and O–H groups in total. The van der Waals surface area contributed by atoms with Gasteiger partial charge in [-0.1, -0.05) is 69.3 Å². The molecule has 32 heavy (non-hydrogen) atoms. The molecule has 1 heterocycles. The van der Waals surface area contributed by atoms with Gasteiger partial charge in [-0.15, -0.1) is 0 Å². The summed E-state index contributed by atoms with van der Waals surface area (Å²) in [7, 11) is 0. The number of hydrogen-bond donors (Lipinski definition) is 3. The van der Waals surface area contributed by atoms with E-state index in [1.807, 2.05) is 45.0 Å². The van der Waals surface area contributed by atoms with Gasteiger partial charge in [0.2, 0.25) is 0 Å². The maximum absolute atomic E-state index is 12.3. The van der Waals surface area contributed by atoms with Crippen molar-refractivity contribution in [1.29, 1.82) is 0 Å². The van der Waals surface area contributed by atoms with Crippen LogP contribution in [-0.2, 0) is 10.2 Å². The van der Waals surface area contributed by atoms with E-state index in [2.05, 4.69) is 73.0 Å². The van der Waals surface area contributed by atoms with E-state index in [0.717, 1.165) is 44.2 Å². The fourth-order valence-corrected chi connectivity index (χ4v) is 4.03. The predicted octanol–water partition coefficient (Wildman–Crippen LogP) is 7.14. The zero-order valence-electron chi connectivity index (χ0n) is 19.6. The molecule has 5 nitrogen and oxygen atoms in total. The molecular weight excluding hydrogens is 398 g/mol. The highest BCUT2D eigenvalue weighted by molar-refractivity contribution is 6.11. The SMILES string of the molecule is CC(C)(C)OC(=O)NNc1ccc2ccccc2c1-c1c(C(C)(C)C)[nH]c2ccccc12. The topological polar surface area (TPSA) is 66.2 Å². The first-order valence-electron chi connectivity index (χ1n) is 10.9. The van der Waals surface area contributed by atoms with Crippen LogP contribution in [0.4, 0.5) is 10.5 Å². The molecule has 0 aliphatic rings. The van der Waals surface area contributed by atoms with Gasteiger partial charge in [0.25, 0.3) is 0 Å². The van der Waals surface area contributed by atoms with Crippen LogP contribution in [0.1, 0.15) is 47.2 Å². The summed E-state index contributed by atoms with van der Waals surface area (Å²) < 4.78 is 5.41. The lowest BCUT2D eigenvalue weighted by Crippen LogP contribution is -2.36. The summed E-state index contributed by atoms with van der Waals surface area (Å²) in [5.74, 6) is 0. The monoisotopic (exact) mass is 429 g/mol. The van der Waals surface area contributed by atoms with E-state index in [1.54, 1.807) is 0 Å². The van der Waals surface area contributed by atoms with Gasteiger partial charge in [-0.2, -0.15) is 0 Å². The Morgan fingerprint density at radius 2 is 1.47 bits per heavy atom. The number of benzene rings is 3. The van der Waals surface area contributed by atoms with Crippen molar-refractivity contribution >= 4 is 33.5 Å². The maximum atomic E-state index is 12.3. The number of hydrazine groups is 1. The lowest BCUT2D eigenvalue weighted by Gasteiger charge is -2.23. The number of ether oxygens (including phenoxy) is 1. The highest BCUT2D eigenvalue weighted by atomic mass is 16.6. The number of carbonyl (C=O) groups is 1. The molecule has 0 bridgehead atoms. The Labute approximate surface area is 189 Å². The fraction of sp³-hybridized carbons (Fsp3) is 0.296. The number of aromatic amines is 1. The van der Waals surface area contributed by atoms with Gasteiger partial charge in [0.15, 0.2) is 0 Å². The molecule has 0 radical (unpaired) electrons. The number of para-hydroxylation sites is 1. The normalized spacial score (nSPS) is 12.2. The van der Waals surface area contributed by atoms with Crippen LogP contribution in [0.2, 0.25) is 0 Å². The van der Waals surface area contributed by atoms with Crippen LogP contribution < -0.4 is 10.9 Å². The van der Waals surface area contributed by atoms with Crippen molar-refractivity contribution in [3.63, 3.8) is 0 Å². The van der Waals surface area contributed by atoms with Crippen LogP contribution in [-0.4, -0.2) is 16.7 Å². The Morgan fingerprint density at radius 1 is 0.812 bits per heavy atom. The number of anilines is 1.